The van der Waals surface area contributed by atoms with E-state index < -0.39 is 0 Å². The molecule has 1 fully saturated rings. The van der Waals surface area contributed by atoms with E-state index in [-0.39, 0.29) is 0 Å². The number of aryl methyl sites for hydroxylation is 2. The maximum atomic E-state index is 4.67. The predicted octanol–water partition coefficient (Wildman–Crippen LogP) is 4.52. The normalized spacial score (nSPS) is 20.4. The van der Waals surface area contributed by atoms with E-state index in [9.17, 15) is 0 Å². The van der Waals surface area contributed by atoms with Gasteiger partial charge < -0.3 is 5.32 Å². The molecule has 2 rings (SSSR count). The van der Waals surface area contributed by atoms with Gasteiger partial charge in [-0.05, 0) is 33.6 Å². The van der Waals surface area contributed by atoms with E-state index in [4.69, 9.17) is 0 Å². The Morgan fingerprint density at radius 1 is 1.11 bits per heavy atom. The minimum absolute atomic E-state index is 0.402. The fraction of sp³-hybridized carbons (Fsp3) is 0.800. The molecule has 0 bridgehead atoms. The monoisotopic (exact) mass is 266 g/mol. The molecule has 2 nitrogen and oxygen atoms in total. The lowest BCUT2D eigenvalue weighted by Crippen LogP contribution is -2.32. The molecule has 1 unspecified atom stereocenters. The molecular formula is C15H26N2S. The molecule has 0 radical (unpaired) electrons. The SMILES string of the molecule is Cc1nc(C(C)NC2CCCCCCC2)c(C)s1. The number of rotatable bonds is 3. The van der Waals surface area contributed by atoms with Crippen molar-refractivity contribution in [2.24, 2.45) is 0 Å². The van der Waals surface area contributed by atoms with E-state index in [1.807, 2.05) is 11.3 Å². The van der Waals surface area contributed by atoms with E-state index in [0.29, 0.717) is 12.1 Å². The Bertz CT molecular complexity index is 365. The predicted molar refractivity (Wildman–Crippen MR) is 79.2 cm³/mol. The zero-order chi connectivity index (χ0) is 13.0. The lowest BCUT2D eigenvalue weighted by Gasteiger charge is -2.24. The van der Waals surface area contributed by atoms with Crippen molar-refractivity contribution in [1.29, 1.82) is 0 Å². The third kappa shape index (κ3) is 3.79. The molecule has 0 aromatic carbocycles. The van der Waals surface area contributed by atoms with Crippen LogP contribution >= 0.6 is 11.3 Å². The summed E-state index contributed by atoms with van der Waals surface area (Å²) < 4.78 is 0. The summed E-state index contributed by atoms with van der Waals surface area (Å²) in [6.45, 7) is 6.56. The highest BCUT2D eigenvalue weighted by molar-refractivity contribution is 7.11. The smallest absolute Gasteiger partial charge is 0.0900 e. The van der Waals surface area contributed by atoms with Crippen molar-refractivity contribution in [3.05, 3.63) is 15.6 Å². The van der Waals surface area contributed by atoms with E-state index in [2.05, 4.69) is 31.1 Å². The average Bonchev–Trinajstić information content (AvgIpc) is 2.61. The van der Waals surface area contributed by atoms with Crippen LogP contribution in [0.5, 0.6) is 0 Å². The van der Waals surface area contributed by atoms with Gasteiger partial charge in [-0.15, -0.1) is 11.3 Å². The van der Waals surface area contributed by atoms with Gasteiger partial charge in [0.25, 0.3) is 0 Å². The van der Waals surface area contributed by atoms with Gasteiger partial charge in [-0.1, -0.05) is 32.1 Å². The van der Waals surface area contributed by atoms with Gasteiger partial charge in [0.05, 0.1) is 10.7 Å². The maximum Gasteiger partial charge on any atom is 0.0900 e. The highest BCUT2D eigenvalue weighted by atomic mass is 32.1. The summed E-state index contributed by atoms with van der Waals surface area (Å²) in [5.74, 6) is 0. The number of thiazole rings is 1. The summed E-state index contributed by atoms with van der Waals surface area (Å²) in [6.07, 6.45) is 9.73. The molecule has 0 spiro atoms. The van der Waals surface area contributed by atoms with Gasteiger partial charge in [-0.2, -0.15) is 0 Å². The van der Waals surface area contributed by atoms with Gasteiger partial charge in [-0.25, -0.2) is 4.98 Å². The number of hydrogen-bond acceptors (Lipinski definition) is 3. The first-order valence-electron chi connectivity index (χ1n) is 7.37. The molecule has 1 aromatic heterocycles. The van der Waals surface area contributed by atoms with Gasteiger partial charge in [0, 0.05) is 17.0 Å². The molecule has 0 saturated heterocycles. The van der Waals surface area contributed by atoms with Crippen molar-refractivity contribution < 1.29 is 0 Å². The van der Waals surface area contributed by atoms with Crippen LogP contribution in [0.25, 0.3) is 0 Å². The van der Waals surface area contributed by atoms with Crippen LogP contribution in [0.15, 0.2) is 0 Å². The number of nitrogens with zero attached hydrogens (tertiary/aromatic N) is 1. The van der Waals surface area contributed by atoms with E-state index in [1.165, 1.54) is 60.5 Å². The summed E-state index contributed by atoms with van der Waals surface area (Å²) >= 11 is 1.82. The van der Waals surface area contributed by atoms with Crippen LogP contribution in [-0.2, 0) is 0 Å². The molecular weight excluding hydrogens is 240 g/mol. The highest BCUT2D eigenvalue weighted by Gasteiger charge is 2.18. The zero-order valence-corrected chi connectivity index (χ0v) is 12.8. The number of hydrogen-bond donors (Lipinski definition) is 1. The van der Waals surface area contributed by atoms with Crippen LogP contribution in [-0.4, -0.2) is 11.0 Å². The summed E-state index contributed by atoms with van der Waals surface area (Å²) in [7, 11) is 0. The van der Waals surface area contributed by atoms with Crippen molar-refractivity contribution in [2.45, 2.75) is 77.8 Å². The van der Waals surface area contributed by atoms with Crippen molar-refractivity contribution in [3.63, 3.8) is 0 Å². The first-order chi connectivity index (χ1) is 8.66. The molecule has 0 amide bonds. The van der Waals surface area contributed by atoms with Crippen LogP contribution in [0.4, 0.5) is 0 Å². The Balaban J connectivity index is 1.92. The molecule has 1 aliphatic carbocycles. The van der Waals surface area contributed by atoms with E-state index in [0.717, 1.165) is 0 Å². The van der Waals surface area contributed by atoms with Crippen molar-refractivity contribution in [1.82, 2.24) is 10.3 Å². The van der Waals surface area contributed by atoms with Crippen molar-refractivity contribution >= 4 is 11.3 Å². The number of aromatic nitrogens is 1. The third-order valence-electron chi connectivity index (χ3n) is 3.94. The Labute approximate surface area is 115 Å². The fourth-order valence-electron chi connectivity index (χ4n) is 3.00. The molecule has 102 valence electrons. The third-order valence-corrected chi connectivity index (χ3v) is 4.84. The van der Waals surface area contributed by atoms with Crippen LogP contribution < -0.4 is 5.32 Å². The second kappa shape index (κ2) is 6.67. The van der Waals surface area contributed by atoms with Gasteiger partial charge >= 0.3 is 0 Å². The maximum absolute atomic E-state index is 4.67. The second-order valence-electron chi connectivity index (χ2n) is 5.60. The Morgan fingerprint density at radius 2 is 1.72 bits per heavy atom. The standard InChI is InChI=1S/C15H26N2S/c1-11(15-12(2)18-13(3)17-15)16-14-9-7-5-4-6-8-10-14/h11,14,16H,4-10H2,1-3H3. The molecule has 1 atom stereocenters. The van der Waals surface area contributed by atoms with Gasteiger partial charge in [-0.3, -0.25) is 0 Å². The molecule has 18 heavy (non-hydrogen) atoms. The second-order valence-corrected chi connectivity index (χ2v) is 7.01. The Kier molecular flexibility index (Phi) is 5.19. The Hall–Kier alpha value is -0.410. The minimum Gasteiger partial charge on any atom is -0.306 e. The molecule has 1 N–H and O–H groups in total. The highest BCUT2D eigenvalue weighted by Crippen LogP contribution is 2.25. The molecule has 1 heterocycles. The van der Waals surface area contributed by atoms with Crippen LogP contribution in [0.1, 0.15) is 73.5 Å². The number of nitrogens with one attached hydrogen (secondary N) is 1. The molecule has 3 heteroatoms. The fourth-order valence-corrected chi connectivity index (χ4v) is 3.92. The van der Waals surface area contributed by atoms with Crippen LogP contribution in [0.3, 0.4) is 0 Å². The Morgan fingerprint density at radius 3 is 2.28 bits per heavy atom. The van der Waals surface area contributed by atoms with E-state index >= 15 is 0 Å². The van der Waals surface area contributed by atoms with Crippen molar-refractivity contribution in [3.8, 4) is 0 Å². The summed E-state index contributed by atoms with van der Waals surface area (Å²) in [4.78, 5) is 6.05. The largest absolute Gasteiger partial charge is 0.306 e. The molecule has 0 aliphatic heterocycles. The van der Waals surface area contributed by atoms with Crippen LogP contribution in [0.2, 0.25) is 0 Å². The summed E-state index contributed by atoms with van der Waals surface area (Å²) in [5.41, 5.74) is 1.26. The first kappa shape index (κ1) is 14.0. The molecule has 1 saturated carbocycles. The molecule has 1 aliphatic rings. The van der Waals surface area contributed by atoms with Gasteiger partial charge in [0.2, 0.25) is 0 Å². The quantitative estimate of drug-likeness (QED) is 0.870. The van der Waals surface area contributed by atoms with Gasteiger partial charge in [0.1, 0.15) is 0 Å². The lowest BCUT2D eigenvalue weighted by atomic mass is 9.96. The summed E-state index contributed by atoms with van der Waals surface area (Å²) in [5, 5.41) is 4.99. The lowest BCUT2D eigenvalue weighted by molar-refractivity contribution is 0.360. The van der Waals surface area contributed by atoms with Crippen molar-refractivity contribution in [2.75, 3.05) is 0 Å². The minimum atomic E-state index is 0.402. The van der Waals surface area contributed by atoms with Gasteiger partial charge in [0.15, 0.2) is 0 Å². The average molecular weight is 266 g/mol. The van der Waals surface area contributed by atoms with Crippen LogP contribution in [0, 0.1) is 13.8 Å². The first-order valence-corrected chi connectivity index (χ1v) is 8.18. The topological polar surface area (TPSA) is 24.9 Å². The zero-order valence-electron chi connectivity index (χ0n) is 12.0. The summed E-state index contributed by atoms with van der Waals surface area (Å²) in [6, 6.07) is 1.10. The van der Waals surface area contributed by atoms with E-state index in [1.54, 1.807) is 0 Å². The molecule has 1 aromatic rings.